The van der Waals surface area contributed by atoms with E-state index in [1.54, 1.807) is 18.3 Å². The highest BCUT2D eigenvalue weighted by Gasteiger charge is 2.25. The molecule has 2 N–H and O–H groups in total. The van der Waals surface area contributed by atoms with Crippen LogP contribution >= 0.6 is 23.2 Å². The van der Waals surface area contributed by atoms with Gasteiger partial charge in [0, 0.05) is 36.0 Å². The van der Waals surface area contributed by atoms with Gasteiger partial charge in [-0.1, -0.05) is 23.2 Å². The molecule has 2 aromatic rings. The number of hydrogen-bond donors (Lipinski definition) is 2. The van der Waals surface area contributed by atoms with E-state index in [1.807, 2.05) is 12.1 Å². The van der Waals surface area contributed by atoms with Crippen LogP contribution in [0.15, 0.2) is 30.5 Å². The molecule has 1 unspecified atom stereocenters. The molecule has 1 saturated heterocycles. The number of H-pyrrole nitrogens is 1. The molecule has 0 aliphatic carbocycles. The maximum Gasteiger partial charge on any atom is 0.226 e. The number of rotatable bonds is 4. The predicted octanol–water partition coefficient (Wildman–Crippen LogP) is 2.65. The zero-order chi connectivity index (χ0) is 15.5. The van der Waals surface area contributed by atoms with E-state index in [4.69, 9.17) is 23.2 Å². The third-order valence-electron chi connectivity index (χ3n) is 3.71. The molecule has 3 rings (SSSR count). The normalized spacial score (nSPS) is 17.7. The highest BCUT2D eigenvalue weighted by Crippen LogP contribution is 2.31. The van der Waals surface area contributed by atoms with Crippen LogP contribution < -0.4 is 10.2 Å². The first-order chi connectivity index (χ1) is 10.6. The predicted molar refractivity (Wildman–Crippen MR) is 87.5 cm³/mol. The summed E-state index contributed by atoms with van der Waals surface area (Å²) in [6.45, 7) is 1.60. The van der Waals surface area contributed by atoms with E-state index in [-0.39, 0.29) is 11.9 Å². The van der Waals surface area contributed by atoms with Crippen molar-refractivity contribution in [3.05, 3.63) is 46.2 Å². The van der Waals surface area contributed by atoms with Crippen LogP contribution in [0.25, 0.3) is 0 Å². The summed E-state index contributed by atoms with van der Waals surface area (Å²) in [6, 6.07) is 7.41. The molecule has 1 fully saturated rings. The van der Waals surface area contributed by atoms with Crippen molar-refractivity contribution >= 4 is 34.8 Å². The maximum atomic E-state index is 12.0. The van der Waals surface area contributed by atoms with Crippen LogP contribution in [-0.4, -0.2) is 35.2 Å². The molecule has 0 bridgehead atoms. The topological polar surface area (TPSA) is 61.0 Å². The van der Waals surface area contributed by atoms with Crippen LogP contribution in [0.5, 0.6) is 0 Å². The first-order valence-electron chi connectivity index (χ1n) is 7.09. The van der Waals surface area contributed by atoms with E-state index in [9.17, 15) is 4.79 Å². The van der Waals surface area contributed by atoms with Gasteiger partial charge in [-0.15, -0.1) is 0 Å². The number of aromatic nitrogens is 2. The number of halogens is 2. The molecule has 1 atom stereocenters. The number of carbonyl (C=O) groups excluding carboxylic acids is 1. The number of benzene rings is 1. The Hall–Kier alpha value is -1.72. The number of nitrogens with zero attached hydrogens (tertiary/aromatic N) is 2. The van der Waals surface area contributed by atoms with E-state index >= 15 is 0 Å². The van der Waals surface area contributed by atoms with Gasteiger partial charge in [-0.2, -0.15) is 5.10 Å². The van der Waals surface area contributed by atoms with Crippen molar-refractivity contribution in [3.63, 3.8) is 0 Å². The number of anilines is 1. The van der Waals surface area contributed by atoms with Crippen molar-refractivity contribution in [2.24, 2.45) is 0 Å². The second-order valence-electron chi connectivity index (χ2n) is 5.35. The van der Waals surface area contributed by atoms with Crippen LogP contribution in [0.2, 0.25) is 10.0 Å². The van der Waals surface area contributed by atoms with Crippen molar-refractivity contribution in [2.75, 3.05) is 18.0 Å². The molecule has 22 heavy (non-hydrogen) atoms. The quantitative estimate of drug-likeness (QED) is 0.900. The Balaban J connectivity index is 1.57. The first-order valence-corrected chi connectivity index (χ1v) is 7.85. The van der Waals surface area contributed by atoms with Gasteiger partial charge in [0.1, 0.15) is 0 Å². The number of aromatic amines is 1. The van der Waals surface area contributed by atoms with Crippen LogP contribution in [-0.2, 0) is 11.2 Å². The summed E-state index contributed by atoms with van der Waals surface area (Å²) in [7, 11) is 0. The number of carbonyl (C=O) groups is 1. The SMILES string of the molecule is O=C(Cc1ccn[nH]1)NC1CCN(c2ccc(Cl)cc2Cl)C1. The van der Waals surface area contributed by atoms with E-state index < -0.39 is 0 Å². The Kier molecular flexibility index (Phi) is 4.55. The molecule has 5 nitrogen and oxygen atoms in total. The van der Waals surface area contributed by atoms with E-state index in [2.05, 4.69) is 20.4 Å². The molecule has 116 valence electrons. The number of nitrogens with one attached hydrogen (secondary N) is 2. The molecule has 1 aromatic carbocycles. The summed E-state index contributed by atoms with van der Waals surface area (Å²) >= 11 is 12.2. The van der Waals surface area contributed by atoms with Gasteiger partial charge >= 0.3 is 0 Å². The Morgan fingerprint density at radius 1 is 1.41 bits per heavy atom. The van der Waals surface area contributed by atoms with Gasteiger partial charge in [-0.3, -0.25) is 9.89 Å². The molecule has 1 amide bonds. The van der Waals surface area contributed by atoms with Crippen molar-refractivity contribution in [2.45, 2.75) is 18.9 Å². The van der Waals surface area contributed by atoms with Crippen molar-refractivity contribution in [1.82, 2.24) is 15.5 Å². The summed E-state index contributed by atoms with van der Waals surface area (Å²) in [5.74, 6) is -0.00157. The molecule has 1 aliphatic rings. The average molecular weight is 339 g/mol. The maximum absolute atomic E-state index is 12.0. The third kappa shape index (κ3) is 3.54. The molecule has 1 aliphatic heterocycles. The lowest BCUT2D eigenvalue weighted by Gasteiger charge is -2.20. The fourth-order valence-corrected chi connectivity index (χ4v) is 3.20. The van der Waals surface area contributed by atoms with E-state index in [0.717, 1.165) is 30.9 Å². The summed E-state index contributed by atoms with van der Waals surface area (Å²) in [6.07, 6.45) is 2.86. The zero-order valence-corrected chi connectivity index (χ0v) is 13.4. The highest BCUT2D eigenvalue weighted by molar-refractivity contribution is 6.36. The standard InChI is InChI=1S/C15H16Cl2N4O/c16-10-1-2-14(13(17)7-10)21-6-4-12(9-21)19-15(22)8-11-3-5-18-20-11/h1-3,5,7,12H,4,6,8-9H2,(H,18,20)(H,19,22). The fourth-order valence-electron chi connectivity index (χ4n) is 2.67. The van der Waals surface area contributed by atoms with Crippen LogP contribution in [0.1, 0.15) is 12.1 Å². The summed E-state index contributed by atoms with van der Waals surface area (Å²) in [5, 5.41) is 10.9. The number of hydrogen-bond acceptors (Lipinski definition) is 3. The second kappa shape index (κ2) is 6.58. The Morgan fingerprint density at radius 3 is 3.00 bits per heavy atom. The van der Waals surface area contributed by atoms with Crippen molar-refractivity contribution in [3.8, 4) is 0 Å². The van der Waals surface area contributed by atoms with Crippen molar-refractivity contribution < 1.29 is 4.79 Å². The van der Waals surface area contributed by atoms with Gasteiger partial charge < -0.3 is 10.2 Å². The minimum Gasteiger partial charge on any atom is -0.368 e. The molecule has 2 heterocycles. The van der Waals surface area contributed by atoms with Gasteiger partial charge in [-0.25, -0.2) is 0 Å². The molecule has 7 heteroatoms. The Bertz CT molecular complexity index is 660. The second-order valence-corrected chi connectivity index (χ2v) is 6.20. The van der Waals surface area contributed by atoms with Gasteiger partial charge in [0.25, 0.3) is 0 Å². The molecule has 1 aromatic heterocycles. The lowest BCUT2D eigenvalue weighted by Crippen LogP contribution is -2.38. The third-order valence-corrected chi connectivity index (χ3v) is 4.25. The summed E-state index contributed by atoms with van der Waals surface area (Å²) in [4.78, 5) is 14.2. The first kappa shape index (κ1) is 15.2. The minimum absolute atomic E-state index is 0.00157. The Labute approximate surface area is 138 Å². The lowest BCUT2D eigenvalue weighted by atomic mass is 10.2. The Morgan fingerprint density at radius 2 is 2.27 bits per heavy atom. The van der Waals surface area contributed by atoms with Gasteiger partial charge in [-0.05, 0) is 30.7 Å². The van der Waals surface area contributed by atoms with E-state index in [0.29, 0.717) is 16.5 Å². The zero-order valence-electron chi connectivity index (χ0n) is 11.9. The van der Waals surface area contributed by atoms with Crippen LogP contribution in [0, 0.1) is 0 Å². The summed E-state index contributed by atoms with van der Waals surface area (Å²) < 4.78 is 0. The van der Waals surface area contributed by atoms with Gasteiger partial charge in [0.2, 0.25) is 5.91 Å². The fraction of sp³-hybridized carbons (Fsp3) is 0.333. The van der Waals surface area contributed by atoms with Crippen molar-refractivity contribution in [1.29, 1.82) is 0 Å². The van der Waals surface area contributed by atoms with Crippen LogP contribution in [0.3, 0.4) is 0 Å². The molecule has 0 saturated carbocycles. The smallest absolute Gasteiger partial charge is 0.226 e. The summed E-state index contributed by atoms with van der Waals surface area (Å²) in [5.41, 5.74) is 1.77. The molecular weight excluding hydrogens is 323 g/mol. The van der Waals surface area contributed by atoms with E-state index in [1.165, 1.54) is 0 Å². The minimum atomic E-state index is -0.00157. The number of amides is 1. The monoisotopic (exact) mass is 338 g/mol. The van der Waals surface area contributed by atoms with Crippen LogP contribution in [0.4, 0.5) is 5.69 Å². The van der Waals surface area contributed by atoms with Gasteiger partial charge in [0.05, 0.1) is 17.1 Å². The molecular formula is C15H16Cl2N4O. The average Bonchev–Trinajstić information content (AvgIpc) is 3.10. The molecule has 0 spiro atoms. The van der Waals surface area contributed by atoms with Gasteiger partial charge in [0.15, 0.2) is 0 Å². The lowest BCUT2D eigenvalue weighted by molar-refractivity contribution is -0.121. The molecule has 0 radical (unpaired) electrons. The largest absolute Gasteiger partial charge is 0.368 e. The highest BCUT2D eigenvalue weighted by atomic mass is 35.5.